The topological polar surface area (TPSA) is 126 Å². The van der Waals surface area contributed by atoms with Gasteiger partial charge in [0.1, 0.15) is 30.7 Å². The van der Waals surface area contributed by atoms with Crippen LogP contribution >= 0.6 is 11.6 Å². The molecule has 4 N–H and O–H groups in total. The molecule has 0 bridgehead atoms. The summed E-state index contributed by atoms with van der Waals surface area (Å²) in [5, 5.41) is 15.9. The molecule has 1 unspecified atom stereocenters. The lowest BCUT2D eigenvalue weighted by molar-refractivity contribution is -0.115. The van der Waals surface area contributed by atoms with E-state index in [1.165, 1.54) is 6.20 Å². The molecule has 3 aliphatic rings. The molecular weight excluding hydrogens is 505 g/mol. The lowest BCUT2D eigenvalue weighted by Crippen LogP contribution is -2.34. The number of aryl methyl sites for hydroxylation is 1. The van der Waals surface area contributed by atoms with Crippen LogP contribution in [0.1, 0.15) is 23.7 Å². The summed E-state index contributed by atoms with van der Waals surface area (Å²) in [7, 11) is 0. The number of ether oxygens (including phenoxy) is 3. The summed E-state index contributed by atoms with van der Waals surface area (Å²) < 4.78 is 54.5. The monoisotopic (exact) mass is 526 g/mol. The average molecular weight is 527 g/mol. The maximum atomic E-state index is 12.5. The summed E-state index contributed by atoms with van der Waals surface area (Å²) in [5.41, 5.74) is 2.89. The highest BCUT2D eigenvalue weighted by Gasteiger charge is 2.48. The molecule has 3 aromatic heterocycles. The third-order valence-corrected chi connectivity index (χ3v) is 6.78. The number of nitrogens with zero attached hydrogens (tertiary/aromatic N) is 3. The smallest absolute Gasteiger partial charge is 0.405 e. The van der Waals surface area contributed by atoms with Crippen LogP contribution in [-0.4, -0.2) is 75.4 Å². The van der Waals surface area contributed by atoms with E-state index in [1.54, 1.807) is 12.1 Å². The second kappa shape index (κ2) is 8.91. The summed E-state index contributed by atoms with van der Waals surface area (Å²) >= 11 is 6.47. The number of H-pyrrole nitrogens is 1. The van der Waals surface area contributed by atoms with Crippen LogP contribution in [0, 0.1) is 0 Å². The molecular formula is C22H22ClF3N6O4. The predicted octanol–water partition coefficient (Wildman–Crippen LogP) is 2.99. The third kappa shape index (κ3) is 4.51. The molecule has 0 saturated carbocycles. The molecule has 2 fully saturated rings. The summed E-state index contributed by atoms with van der Waals surface area (Å²) in [6.07, 6.45) is -3.45. The zero-order valence-corrected chi connectivity index (χ0v) is 19.4. The van der Waals surface area contributed by atoms with Crippen LogP contribution in [0.2, 0.25) is 5.02 Å². The maximum Gasteiger partial charge on any atom is 0.405 e. The lowest BCUT2D eigenvalue weighted by Gasteiger charge is -2.15. The van der Waals surface area contributed by atoms with E-state index in [9.17, 15) is 18.3 Å². The van der Waals surface area contributed by atoms with Gasteiger partial charge in [-0.05, 0) is 30.5 Å². The van der Waals surface area contributed by atoms with Crippen molar-refractivity contribution < 1.29 is 32.5 Å². The molecule has 2 saturated heterocycles. The number of nitrogens with one attached hydrogen (secondary N) is 3. The maximum absolute atomic E-state index is 12.5. The van der Waals surface area contributed by atoms with E-state index in [0.717, 1.165) is 11.3 Å². The number of aromatic nitrogens is 4. The number of aliphatic hydroxyl groups excluding tert-OH is 1. The van der Waals surface area contributed by atoms with E-state index >= 15 is 0 Å². The van der Waals surface area contributed by atoms with Gasteiger partial charge in [-0.25, -0.2) is 4.98 Å². The number of pyridine rings is 2. The number of halogens is 4. The van der Waals surface area contributed by atoms with E-state index in [1.807, 2.05) is 0 Å². The van der Waals surface area contributed by atoms with Gasteiger partial charge < -0.3 is 34.9 Å². The van der Waals surface area contributed by atoms with Gasteiger partial charge in [-0.2, -0.15) is 18.2 Å². The standard InChI is InChI=1S/C22H22ClF3N6O4/c23-11-4-13-20(32-21(30-13)36-15-7-35-17-14(33)6-34-18(15)17)31-19(11)29-12-2-1-9-3-10(5-27-16(9)12)28-8-22(24,25)26/h3-5,12,14-15,17-18,28,33H,1-2,6-8H2,(H2,29,30,31,32)/t12?,14-,15-,17-,18-/m1/s1. The normalized spacial score (nSPS) is 27.3. The SMILES string of the molecule is O[C@@H]1CO[C@H]2[C@@H]1OC[C@H]2Oc1nc2nc(NC3CCc4cc(NCC(F)(F)F)cnc43)c(Cl)cc2[nH]1. The zero-order valence-electron chi connectivity index (χ0n) is 18.7. The number of hydrogen-bond donors (Lipinski definition) is 4. The summed E-state index contributed by atoms with van der Waals surface area (Å²) in [6, 6.07) is 3.41. The van der Waals surface area contributed by atoms with Crippen LogP contribution < -0.4 is 15.4 Å². The van der Waals surface area contributed by atoms with Crippen molar-refractivity contribution in [1.29, 1.82) is 0 Å². The molecule has 5 atom stereocenters. The summed E-state index contributed by atoms with van der Waals surface area (Å²) in [4.78, 5) is 16.3. The minimum absolute atomic E-state index is 0.200. The Morgan fingerprint density at radius 1 is 1.19 bits per heavy atom. The van der Waals surface area contributed by atoms with Crippen molar-refractivity contribution in [2.24, 2.45) is 0 Å². The first-order valence-electron chi connectivity index (χ1n) is 11.4. The van der Waals surface area contributed by atoms with E-state index < -0.39 is 31.0 Å². The molecule has 0 amide bonds. The van der Waals surface area contributed by atoms with Gasteiger partial charge in [-0.1, -0.05) is 11.6 Å². The molecule has 6 rings (SSSR count). The van der Waals surface area contributed by atoms with Crippen molar-refractivity contribution in [2.75, 3.05) is 30.4 Å². The Hall–Kier alpha value is -2.87. The zero-order chi connectivity index (χ0) is 25.0. The van der Waals surface area contributed by atoms with Crippen molar-refractivity contribution in [3.05, 3.63) is 34.6 Å². The number of imidazole rings is 1. The first kappa shape index (κ1) is 23.5. The van der Waals surface area contributed by atoms with Crippen molar-refractivity contribution in [3.8, 4) is 6.01 Å². The van der Waals surface area contributed by atoms with Crippen LogP contribution in [0.4, 0.5) is 24.7 Å². The van der Waals surface area contributed by atoms with Gasteiger partial charge in [0.2, 0.25) is 0 Å². The highest BCUT2D eigenvalue weighted by Crippen LogP contribution is 2.36. The first-order valence-corrected chi connectivity index (χ1v) is 11.8. The molecule has 2 aliphatic heterocycles. The molecule has 0 spiro atoms. The molecule has 1 aliphatic carbocycles. The average Bonchev–Trinajstić information content (AvgIpc) is 3.59. The first-order chi connectivity index (χ1) is 17.2. The van der Waals surface area contributed by atoms with E-state index in [4.69, 9.17) is 25.8 Å². The van der Waals surface area contributed by atoms with Crippen molar-refractivity contribution in [1.82, 2.24) is 19.9 Å². The summed E-state index contributed by atoms with van der Waals surface area (Å²) in [6.45, 7) is -0.647. The number of aliphatic hydroxyl groups is 1. The molecule has 10 nitrogen and oxygen atoms in total. The van der Waals surface area contributed by atoms with E-state index in [-0.39, 0.29) is 31.4 Å². The molecule has 5 heterocycles. The Balaban J connectivity index is 1.16. The van der Waals surface area contributed by atoms with Crippen LogP contribution in [0.5, 0.6) is 6.01 Å². The second-order valence-corrected chi connectivity index (χ2v) is 9.43. The van der Waals surface area contributed by atoms with Crippen molar-refractivity contribution in [3.63, 3.8) is 0 Å². The van der Waals surface area contributed by atoms with Gasteiger partial charge in [-0.15, -0.1) is 0 Å². The van der Waals surface area contributed by atoms with Crippen molar-refractivity contribution >= 4 is 34.3 Å². The Morgan fingerprint density at radius 3 is 2.86 bits per heavy atom. The van der Waals surface area contributed by atoms with Gasteiger partial charge in [0, 0.05) is 0 Å². The Bertz CT molecular complexity index is 1290. The Morgan fingerprint density at radius 2 is 2.03 bits per heavy atom. The fourth-order valence-electron chi connectivity index (χ4n) is 4.82. The molecule has 14 heteroatoms. The lowest BCUT2D eigenvalue weighted by atomic mass is 10.1. The third-order valence-electron chi connectivity index (χ3n) is 6.49. The number of aromatic amines is 1. The minimum atomic E-state index is -4.30. The highest BCUT2D eigenvalue weighted by atomic mass is 35.5. The minimum Gasteiger partial charge on any atom is -0.456 e. The van der Waals surface area contributed by atoms with Crippen LogP contribution in [0.25, 0.3) is 11.2 Å². The predicted molar refractivity (Wildman–Crippen MR) is 122 cm³/mol. The van der Waals surface area contributed by atoms with Gasteiger partial charge in [-0.3, -0.25) is 4.98 Å². The highest BCUT2D eigenvalue weighted by molar-refractivity contribution is 6.33. The number of alkyl halides is 3. The van der Waals surface area contributed by atoms with E-state index in [0.29, 0.717) is 40.5 Å². The van der Waals surface area contributed by atoms with Crippen LogP contribution in [-0.2, 0) is 15.9 Å². The Labute approximate surface area is 207 Å². The van der Waals surface area contributed by atoms with Crippen LogP contribution in [0.3, 0.4) is 0 Å². The second-order valence-electron chi connectivity index (χ2n) is 9.02. The van der Waals surface area contributed by atoms with E-state index in [2.05, 4.69) is 30.6 Å². The molecule has 0 radical (unpaired) electrons. The number of hydrogen-bond acceptors (Lipinski definition) is 9. The fourth-order valence-corrected chi connectivity index (χ4v) is 5.02. The van der Waals surface area contributed by atoms with Crippen molar-refractivity contribution in [2.45, 2.75) is 49.5 Å². The number of fused-ring (bicyclic) bond motifs is 3. The Kier molecular flexibility index (Phi) is 5.82. The van der Waals surface area contributed by atoms with Gasteiger partial charge in [0.15, 0.2) is 11.8 Å². The number of rotatable bonds is 6. The molecule has 192 valence electrons. The van der Waals surface area contributed by atoms with Gasteiger partial charge in [0.05, 0.1) is 47.4 Å². The molecule has 36 heavy (non-hydrogen) atoms. The largest absolute Gasteiger partial charge is 0.456 e. The summed E-state index contributed by atoms with van der Waals surface area (Å²) in [5.74, 6) is 0.410. The fraction of sp³-hybridized carbons (Fsp3) is 0.500. The molecule has 0 aromatic carbocycles. The quantitative estimate of drug-likeness (QED) is 0.383. The number of anilines is 2. The van der Waals surface area contributed by atoms with Crippen LogP contribution in [0.15, 0.2) is 18.3 Å². The molecule has 3 aromatic rings. The van der Waals surface area contributed by atoms with Gasteiger partial charge >= 0.3 is 6.18 Å². The van der Waals surface area contributed by atoms with Gasteiger partial charge in [0.25, 0.3) is 6.01 Å².